The molecule has 0 radical (unpaired) electrons. The van der Waals surface area contributed by atoms with Crippen LogP contribution in [-0.2, 0) is 6.42 Å². The molecule has 0 aliphatic carbocycles. The standard InChI is InChI=1S/C12H20N2OS/c1-4-10-5-6-11(16-10)12(15)14-8-7-13-9(2)3/h5-6,9,13H,4,7-8H2,1-3H3,(H,14,15). The normalized spacial score (nSPS) is 10.8. The number of nitrogens with one attached hydrogen (secondary N) is 2. The van der Waals surface area contributed by atoms with Gasteiger partial charge in [0.2, 0.25) is 0 Å². The third kappa shape index (κ3) is 4.33. The Morgan fingerprint density at radius 3 is 2.69 bits per heavy atom. The van der Waals surface area contributed by atoms with Crippen molar-refractivity contribution in [3.05, 3.63) is 21.9 Å². The molecule has 0 spiro atoms. The van der Waals surface area contributed by atoms with E-state index in [0.717, 1.165) is 17.8 Å². The fourth-order valence-corrected chi connectivity index (χ4v) is 2.18. The van der Waals surface area contributed by atoms with Gasteiger partial charge in [0.15, 0.2) is 0 Å². The quantitative estimate of drug-likeness (QED) is 0.747. The number of rotatable bonds is 6. The van der Waals surface area contributed by atoms with Crippen LogP contribution < -0.4 is 10.6 Å². The van der Waals surface area contributed by atoms with Gasteiger partial charge in [-0.25, -0.2) is 0 Å². The Labute approximate surface area is 101 Å². The van der Waals surface area contributed by atoms with E-state index in [9.17, 15) is 4.79 Å². The minimum atomic E-state index is 0.0373. The summed E-state index contributed by atoms with van der Waals surface area (Å²) >= 11 is 1.57. The first-order valence-corrected chi connectivity index (χ1v) is 6.55. The summed E-state index contributed by atoms with van der Waals surface area (Å²) in [6.07, 6.45) is 0.993. The lowest BCUT2D eigenvalue weighted by Gasteiger charge is -2.08. The van der Waals surface area contributed by atoms with E-state index >= 15 is 0 Å². The fraction of sp³-hybridized carbons (Fsp3) is 0.583. The lowest BCUT2D eigenvalue weighted by Crippen LogP contribution is -2.34. The van der Waals surface area contributed by atoms with Gasteiger partial charge in [-0.3, -0.25) is 4.79 Å². The van der Waals surface area contributed by atoms with Gasteiger partial charge in [0, 0.05) is 24.0 Å². The second-order valence-corrected chi connectivity index (χ2v) is 5.15. The van der Waals surface area contributed by atoms with Gasteiger partial charge in [0.05, 0.1) is 4.88 Å². The molecule has 0 bridgehead atoms. The van der Waals surface area contributed by atoms with E-state index in [2.05, 4.69) is 31.4 Å². The number of hydrogen-bond acceptors (Lipinski definition) is 3. The van der Waals surface area contributed by atoms with Gasteiger partial charge in [-0.15, -0.1) is 11.3 Å². The van der Waals surface area contributed by atoms with Crippen molar-refractivity contribution in [2.24, 2.45) is 0 Å². The van der Waals surface area contributed by atoms with E-state index in [1.165, 1.54) is 4.88 Å². The molecule has 0 aromatic carbocycles. The van der Waals surface area contributed by atoms with Gasteiger partial charge in [-0.05, 0) is 18.6 Å². The summed E-state index contributed by atoms with van der Waals surface area (Å²) in [5, 5.41) is 6.16. The summed E-state index contributed by atoms with van der Waals surface area (Å²) in [4.78, 5) is 13.8. The lowest BCUT2D eigenvalue weighted by molar-refractivity contribution is 0.0957. The van der Waals surface area contributed by atoms with Crippen molar-refractivity contribution in [3.63, 3.8) is 0 Å². The van der Waals surface area contributed by atoms with Crippen LogP contribution >= 0.6 is 11.3 Å². The maximum atomic E-state index is 11.7. The Hall–Kier alpha value is -0.870. The predicted octanol–water partition coefficient (Wildman–Crippen LogP) is 2.04. The van der Waals surface area contributed by atoms with Crippen LogP contribution in [-0.4, -0.2) is 25.0 Å². The summed E-state index contributed by atoms with van der Waals surface area (Å²) < 4.78 is 0. The molecule has 0 saturated carbocycles. The summed E-state index contributed by atoms with van der Waals surface area (Å²) in [5.41, 5.74) is 0. The van der Waals surface area contributed by atoms with Crippen LogP contribution in [0, 0.1) is 0 Å². The fourth-order valence-electron chi connectivity index (χ4n) is 1.31. The number of aryl methyl sites for hydroxylation is 1. The molecule has 0 saturated heterocycles. The second-order valence-electron chi connectivity index (χ2n) is 3.98. The first-order valence-electron chi connectivity index (χ1n) is 5.73. The molecule has 0 unspecified atom stereocenters. The van der Waals surface area contributed by atoms with E-state index in [0.29, 0.717) is 12.6 Å². The minimum Gasteiger partial charge on any atom is -0.350 e. The van der Waals surface area contributed by atoms with E-state index in [-0.39, 0.29) is 5.91 Å². The van der Waals surface area contributed by atoms with Crippen LogP contribution in [0.2, 0.25) is 0 Å². The summed E-state index contributed by atoms with van der Waals surface area (Å²) in [6, 6.07) is 4.38. The Balaban J connectivity index is 2.29. The van der Waals surface area contributed by atoms with E-state index in [4.69, 9.17) is 0 Å². The summed E-state index contributed by atoms with van der Waals surface area (Å²) in [7, 11) is 0. The molecule has 1 rings (SSSR count). The molecule has 1 amide bonds. The van der Waals surface area contributed by atoms with Crippen molar-refractivity contribution in [3.8, 4) is 0 Å². The van der Waals surface area contributed by atoms with Gasteiger partial charge in [-0.2, -0.15) is 0 Å². The summed E-state index contributed by atoms with van der Waals surface area (Å²) in [6.45, 7) is 7.77. The van der Waals surface area contributed by atoms with Crippen LogP contribution in [0.15, 0.2) is 12.1 Å². The molecular formula is C12H20N2OS. The highest BCUT2D eigenvalue weighted by molar-refractivity contribution is 7.14. The van der Waals surface area contributed by atoms with Crippen LogP contribution in [0.25, 0.3) is 0 Å². The Morgan fingerprint density at radius 2 is 2.12 bits per heavy atom. The van der Waals surface area contributed by atoms with E-state index in [1.54, 1.807) is 11.3 Å². The van der Waals surface area contributed by atoms with Gasteiger partial charge < -0.3 is 10.6 Å². The Morgan fingerprint density at radius 1 is 1.38 bits per heavy atom. The zero-order valence-corrected chi connectivity index (χ0v) is 11.0. The average molecular weight is 240 g/mol. The van der Waals surface area contributed by atoms with Crippen LogP contribution in [0.5, 0.6) is 0 Å². The van der Waals surface area contributed by atoms with Crippen molar-refractivity contribution >= 4 is 17.2 Å². The number of carbonyl (C=O) groups excluding carboxylic acids is 1. The molecule has 2 N–H and O–H groups in total. The van der Waals surface area contributed by atoms with Crippen molar-refractivity contribution in [2.45, 2.75) is 33.2 Å². The largest absolute Gasteiger partial charge is 0.350 e. The first kappa shape index (κ1) is 13.2. The van der Waals surface area contributed by atoms with Crippen LogP contribution in [0.4, 0.5) is 0 Å². The molecule has 4 heteroatoms. The molecule has 3 nitrogen and oxygen atoms in total. The molecule has 1 aromatic heterocycles. The topological polar surface area (TPSA) is 41.1 Å². The molecular weight excluding hydrogens is 220 g/mol. The third-order valence-corrected chi connectivity index (χ3v) is 3.43. The molecule has 0 aliphatic heterocycles. The van der Waals surface area contributed by atoms with Gasteiger partial charge in [0.25, 0.3) is 5.91 Å². The number of hydrogen-bond donors (Lipinski definition) is 2. The highest BCUT2D eigenvalue weighted by Gasteiger charge is 2.07. The van der Waals surface area contributed by atoms with Crippen molar-refractivity contribution in [1.82, 2.24) is 10.6 Å². The van der Waals surface area contributed by atoms with Gasteiger partial charge in [0.1, 0.15) is 0 Å². The van der Waals surface area contributed by atoms with Crippen molar-refractivity contribution in [2.75, 3.05) is 13.1 Å². The average Bonchev–Trinajstić information content (AvgIpc) is 2.72. The predicted molar refractivity (Wildman–Crippen MR) is 69.2 cm³/mol. The minimum absolute atomic E-state index is 0.0373. The zero-order chi connectivity index (χ0) is 12.0. The SMILES string of the molecule is CCc1ccc(C(=O)NCCNC(C)C)s1. The lowest BCUT2D eigenvalue weighted by atomic mass is 10.3. The molecule has 0 atom stereocenters. The highest BCUT2D eigenvalue weighted by Crippen LogP contribution is 2.16. The molecule has 1 aromatic rings. The Kier molecular flexibility index (Phi) is 5.49. The van der Waals surface area contributed by atoms with Crippen molar-refractivity contribution < 1.29 is 4.79 Å². The maximum Gasteiger partial charge on any atom is 0.261 e. The molecule has 0 fully saturated rings. The zero-order valence-electron chi connectivity index (χ0n) is 10.2. The van der Waals surface area contributed by atoms with E-state index in [1.807, 2.05) is 12.1 Å². The van der Waals surface area contributed by atoms with Crippen LogP contribution in [0.1, 0.15) is 35.3 Å². The van der Waals surface area contributed by atoms with E-state index < -0.39 is 0 Å². The molecule has 1 heterocycles. The summed E-state index contributed by atoms with van der Waals surface area (Å²) in [5.74, 6) is 0.0373. The van der Waals surface area contributed by atoms with Gasteiger partial charge >= 0.3 is 0 Å². The third-order valence-electron chi connectivity index (χ3n) is 2.20. The monoisotopic (exact) mass is 240 g/mol. The van der Waals surface area contributed by atoms with Crippen molar-refractivity contribution in [1.29, 1.82) is 0 Å². The highest BCUT2D eigenvalue weighted by atomic mass is 32.1. The molecule has 16 heavy (non-hydrogen) atoms. The first-order chi connectivity index (χ1) is 7.63. The smallest absolute Gasteiger partial charge is 0.261 e. The maximum absolute atomic E-state index is 11.7. The number of amides is 1. The number of thiophene rings is 1. The number of carbonyl (C=O) groups is 1. The van der Waals surface area contributed by atoms with Gasteiger partial charge in [-0.1, -0.05) is 20.8 Å². The molecule has 0 aliphatic rings. The Bertz CT molecular complexity index is 334. The second kappa shape index (κ2) is 6.66. The van der Waals surface area contributed by atoms with Crippen LogP contribution in [0.3, 0.4) is 0 Å². The molecule has 90 valence electrons.